The predicted octanol–water partition coefficient (Wildman–Crippen LogP) is 2.77. The standard InChI is InChI=1S/C16H17BrFNO3.C7H15N3O/c1-10(2)6-11(9-20)19-8-12(7-15(19)21)22-14-5-3-4-13(17)16(14)18;1-9-7(8)3-5-10-4-2-6-11/h3-5,7,9-11H,6,8H2,1-2H3;3,5,10-11H,2,4,6H2,1H3,(H2,8,9)/b;5-3-. The molecule has 1 heterocycles. The van der Waals surface area contributed by atoms with Gasteiger partial charge in [0.05, 0.1) is 17.1 Å². The van der Waals surface area contributed by atoms with Crippen molar-refractivity contribution in [1.29, 1.82) is 0 Å². The molecule has 0 aromatic heterocycles. The number of ether oxygens (including phenoxy) is 1. The summed E-state index contributed by atoms with van der Waals surface area (Å²) in [4.78, 5) is 28.4. The molecule has 0 fully saturated rings. The Morgan fingerprint density at radius 3 is 2.79 bits per heavy atom. The maximum absolute atomic E-state index is 13.9. The van der Waals surface area contributed by atoms with E-state index in [2.05, 4.69) is 26.2 Å². The SMILES string of the molecule is CC(C)CC(C=O)N1CC(Oc2cccc(Br)c2F)=CC1=O.CN=C(N)/C=C\NCCCO. The van der Waals surface area contributed by atoms with Crippen LogP contribution in [0, 0.1) is 11.7 Å². The Hall–Kier alpha value is -2.72. The second-order valence-electron chi connectivity index (χ2n) is 7.58. The van der Waals surface area contributed by atoms with E-state index < -0.39 is 11.9 Å². The van der Waals surface area contributed by atoms with Gasteiger partial charge in [0.1, 0.15) is 17.9 Å². The lowest BCUT2D eigenvalue weighted by Crippen LogP contribution is -2.39. The first-order chi connectivity index (χ1) is 15.7. The molecule has 0 bridgehead atoms. The predicted molar refractivity (Wildman–Crippen MR) is 130 cm³/mol. The van der Waals surface area contributed by atoms with Gasteiger partial charge in [-0.2, -0.15) is 0 Å². The quantitative estimate of drug-likeness (QED) is 0.176. The zero-order chi connectivity index (χ0) is 24.8. The minimum atomic E-state index is -0.525. The first-order valence-electron chi connectivity index (χ1n) is 10.5. The van der Waals surface area contributed by atoms with Gasteiger partial charge in [0.2, 0.25) is 0 Å². The molecule has 1 aromatic rings. The Morgan fingerprint density at radius 1 is 1.45 bits per heavy atom. The first kappa shape index (κ1) is 28.3. The van der Waals surface area contributed by atoms with E-state index in [-0.39, 0.29) is 35.2 Å². The third kappa shape index (κ3) is 10.2. The van der Waals surface area contributed by atoms with Gasteiger partial charge in [0, 0.05) is 32.5 Å². The van der Waals surface area contributed by atoms with Crippen molar-refractivity contribution in [2.45, 2.75) is 32.7 Å². The Bertz CT molecular complexity index is 874. The van der Waals surface area contributed by atoms with Gasteiger partial charge in [-0.1, -0.05) is 19.9 Å². The second-order valence-corrected chi connectivity index (χ2v) is 8.43. The highest BCUT2D eigenvalue weighted by Gasteiger charge is 2.30. The Morgan fingerprint density at radius 2 is 2.18 bits per heavy atom. The van der Waals surface area contributed by atoms with Crippen LogP contribution in [0.15, 0.2) is 51.8 Å². The number of amides is 1. The van der Waals surface area contributed by atoms with Gasteiger partial charge in [-0.25, -0.2) is 4.39 Å². The van der Waals surface area contributed by atoms with Crippen LogP contribution in [-0.4, -0.2) is 60.8 Å². The summed E-state index contributed by atoms with van der Waals surface area (Å²) in [5, 5.41) is 11.4. The summed E-state index contributed by atoms with van der Waals surface area (Å²) in [5.41, 5.74) is 5.36. The molecule has 8 nitrogen and oxygen atoms in total. The van der Waals surface area contributed by atoms with Gasteiger partial charge in [0.25, 0.3) is 5.91 Å². The van der Waals surface area contributed by atoms with Gasteiger partial charge in [-0.05, 0) is 52.9 Å². The summed E-state index contributed by atoms with van der Waals surface area (Å²) in [6, 6.07) is 4.20. The smallest absolute Gasteiger partial charge is 0.251 e. The Labute approximate surface area is 202 Å². The van der Waals surface area contributed by atoms with E-state index in [1.807, 2.05) is 13.8 Å². The maximum atomic E-state index is 13.9. The van der Waals surface area contributed by atoms with Crippen LogP contribution < -0.4 is 15.8 Å². The summed E-state index contributed by atoms with van der Waals surface area (Å²) in [7, 11) is 1.63. The lowest BCUT2D eigenvalue weighted by Gasteiger charge is -2.24. The number of nitrogens with two attached hydrogens (primary N) is 1. The Balaban J connectivity index is 0.000000420. The van der Waals surface area contributed by atoms with E-state index in [9.17, 15) is 14.0 Å². The summed E-state index contributed by atoms with van der Waals surface area (Å²) in [5.74, 6) is 0.336. The number of nitrogens with zero attached hydrogens (tertiary/aromatic N) is 2. The normalized spacial score (nSPS) is 14.8. The second kappa shape index (κ2) is 15.2. The van der Waals surface area contributed by atoms with Crippen molar-refractivity contribution in [1.82, 2.24) is 10.2 Å². The number of nitrogens with one attached hydrogen (secondary N) is 1. The first-order valence-corrected chi connectivity index (χ1v) is 11.3. The monoisotopic (exact) mass is 526 g/mol. The third-order valence-corrected chi connectivity index (χ3v) is 5.04. The average Bonchev–Trinajstić information content (AvgIpc) is 3.15. The molecule has 1 aliphatic rings. The fraction of sp³-hybridized carbons (Fsp3) is 0.435. The molecule has 33 heavy (non-hydrogen) atoms. The summed E-state index contributed by atoms with van der Waals surface area (Å²) >= 11 is 3.08. The van der Waals surface area contributed by atoms with Gasteiger partial charge < -0.3 is 30.6 Å². The van der Waals surface area contributed by atoms with Crippen LogP contribution in [0.25, 0.3) is 0 Å². The third-order valence-electron chi connectivity index (χ3n) is 4.43. The number of aliphatic imine (C=N–C) groups is 1. The molecule has 4 N–H and O–H groups in total. The number of rotatable bonds is 11. The van der Waals surface area contributed by atoms with E-state index >= 15 is 0 Å². The largest absolute Gasteiger partial charge is 0.456 e. The van der Waals surface area contributed by atoms with Crippen molar-refractivity contribution in [3.63, 3.8) is 0 Å². The lowest BCUT2D eigenvalue weighted by atomic mass is 10.0. The number of carbonyl (C=O) groups is 2. The lowest BCUT2D eigenvalue weighted by molar-refractivity contribution is -0.130. The van der Waals surface area contributed by atoms with Crippen molar-refractivity contribution in [3.05, 3.63) is 52.6 Å². The van der Waals surface area contributed by atoms with Crippen molar-refractivity contribution in [2.24, 2.45) is 16.6 Å². The van der Waals surface area contributed by atoms with Crippen LogP contribution in [0.1, 0.15) is 26.7 Å². The molecule has 1 atom stereocenters. The highest BCUT2D eigenvalue weighted by atomic mass is 79.9. The highest BCUT2D eigenvalue weighted by Crippen LogP contribution is 2.28. The van der Waals surface area contributed by atoms with E-state index in [4.69, 9.17) is 15.6 Å². The molecule has 10 heteroatoms. The van der Waals surface area contributed by atoms with Gasteiger partial charge in [-0.3, -0.25) is 9.79 Å². The van der Waals surface area contributed by atoms with Crippen molar-refractivity contribution >= 4 is 34.0 Å². The molecule has 0 spiro atoms. The number of aliphatic hydroxyl groups excluding tert-OH is 1. The Kier molecular flexibility index (Phi) is 13.0. The van der Waals surface area contributed by atoms with Crippen LogP contribution in [0.2, 0.25) is 0 Å². The number of aliphatic hydroxyl groups is 1. The van der Waals surface area contributed by atoms with Crippen LogP contribution in [0.5, 0.6) is 5.75 Å². The molecule has 0 saturated carbocycles. The number of carbonyl (C=O) groups excluding carboxylic acids is 2. The summed E-state index contributed by atoms with van der Waals surface area (Å²) in [6.07, 6.45) is 6.80. The molecule has 2 rings (SSSR count). The van der Waals surface area contributed by atoms with E-state index in [1.54, 1.807) is 31.5 Å². The fourth-order valence-electron chi connectivity index (χ4n) is 2.78. The highest BCUT2D eigenvalue weighted by molar-refractivity contribution is 9.10. The van der Waals surface area contributed by atoms with Gasteiger partial charge in [0.15, 0.2) is 11.6 Å². The van der Waals surface area contributed by atoms with E-state index in [1.165, 1.54) is 17.0 Å². The number of hydrogen-bond acceptors (Lipinski definition) is 6. The van der Waals surface area contributed by atoms with Gasteiger partial charge >= 0.3 is 0 Å². The molecular formula is C23H32BrFN4O4. The summed E-state index contributed by atoms with van der Waals surface area (Å²) < 4.78 is 19.6. The van der Waals surface area contributed by atoms with E-state index in [0.29, 0.717) is 18.0 Å². The molecule has 1 amide bonds. The average molecular weight is 527 g/mol. The number of benzene rings is 1. The molecule has 182 valence electrons. The zero-order valence-electron chi connectivity index (χ0n) is 19.1. The van der Waals surface area contributed by atoms with Crippen LogP contribution in [0.3, 0.4) is 0 Å². The number of amidine groups is 1. The number of hydrogen-bond donors (Lipinski definition) is 3. The van der Waals surface area contributed by atoms with E-state index in [0.717, 1.165) is 19.3 Å². The van der Waals surface area contributed by atoms with Crippen molar-refractivity contribution < 1.29 is 23.8 Å². The molecule has 0 saturated heterocycles. The van der Waals surface area contributed by atoms with Gasteiger partial charge in [-0.15, -0.1) is 0 Å². The van der Waals surface area contributed by atoms with Crippen molar-refractivity contribution in [3.8, 4) is 5.75 Å². The van der Waals surface area contributed by atoms with Crippen LogP contribution in [-0.2, 0) is 9.59 Å². The summed E-state index contributed by atoms with van der Waals surface area (Å²) in [6.45, 7) is 5.10. The van der Waals surface area contributed by atoms with Crippen LogP contribution in [0.4, 0.5) is 4.39 Å². The van der Waals surface area contributed by atoms with Crippen LogP contribution >= 0.6 is 15.9 Å². The molecule has 1 aliphatic heterocycles. The molecule has 0 aliphatic carbocycles. The molecule has 0 radical (unpaired) electrons. The van der Waals surface area contributed by atoms with Crippen molar-refractivity contribution in [2.75, 3.05) is 26.7 Å². The zero-order valence-corrected chi connectivity index (χ0v) is 20.7. The topological polar surface area (TPSA) is 117 Å². The minimum absolute atomic E-state index is 0.0433. The number of aldehydes is 1. The molecule has 1 unspecified atom stereocenters. The molecule has 1 aromatic carbocycles. The minimum Gasteiger partial charge on any atom is -0.456 e. The maximum Gasteiger partial charge on any atom is 0.251 e. The molecular weight excluding hydrogens is 495 g/mol. The number of halogens is 2. The fourth-order valence-corrected chi connectivity index (χ4v) is 3.13.